The van der Waals surface area contributed by atoms with Gasteiger partial charge in [0.25, 0.3) is 0 Å². The second kappa shape index (κ2) is 6.41. The lowest BCUT2D eigenvalue weighted by molar-refractivity contribution is 0.147. The van der Waals surface area contributed by atoms with Crippen LogP contribution in [0.25, 0.3) is 0 Å². The van der Waals surface area contributed by atoms with Crippen LogP contribution in [0.1, 0.15) is 25.3 Å². The number of aryl methyl sites for hydroxylation is 1. The molecule has 5 nitrogen and oxygen atoms in total. The number of hydrogen-bond acceptors (Lipinski definition) is 4. The van der Waals surface area contributed by atoms with Gasteiger partial charge in [0.15, 0.2) is 0 Å². The molecule has 0 spiro atoms. The molecule has 5 heteroatoms. The summed E-state index contributed by atoms with van der Waals surface area (Å²) in [5.41, 5.74) is 1.17. The van der Waals surface area contributed by atoms with E-state index >= 15 is 0 Å². The summed E-state index contributed by atoms with van der Waals surface area (Å²) in [7, 11) is 0. The van der Waals surface area contributed by atoms with E-state index in [-0.39, 0.29) is 12.1 Å². The predicted octanol–water partition coefficient (Wildman–Crippen LogP) is 2.33. The molecular weight excluding hydrogens is 242 g/mol. The van der Waals surface area contributed by atoms with Gasteiger partial charge < -0.3 is 15.4 Å². The molecule has 0 aromatic carbocycles. The second-order valence-corrected chi connectivity index (χ2v) is 4.91. The Balaban J connectivity index is 1.85. The summed E-state index contributed by atoms with van der Waals surface area (Å²) >= 11 is 0. The SMILES string of the molecule is CCOC(=O)N[C@H](CNc1cc(C)ccn1)C1CC1. The van der Waals surface area contributed by atoms with Gasteiger partial charge >= 0.3 is 6.09 Å². The van der Waals surface area contributed by atoms with Crippen molar-refractivity contribution in [1.29, 1.82) is 0 Å². The second-order valence-electron chi connectivity index (χ2n) is 4.91. The van der Waals surface area contributed by atoms with E-state index in [0.717, 1.165) is 5.82 Å². The number of nitrogens with zero attached hydrogens (tertiary/aromatic N) is 1. The van der Waals surface area contributed by atoms with E-state index in [1.807, 2.05) is 19.1 Å². The van der Waals surface area contributed by atoms with E-state index < -0.39 is 0 Å². The molecule has 2 rings (SSSR count). The van der Waals surface area contributed by atoms with Crippen molar-refractivity contribution in [2.45, 2.75) is 32.7 Å². The van der Waals surface area contributed by atoms with Gasteiger partial charge in [-0.2, -0.15) is 0 Å². The number of hydrogen-bond donors (Lipinski definition) is 2. The molecule has 0 bridgehead atoms. The van der Waals surface area contributed by atoms with E-state index in [1.165, 1.54) is 18.4 Å². The lowest BCUT2D eigenvalue weighted by atomic mass is 10.2. The monoisotopic (exact) mass is 263 g/mol. The molecular formula is C14H21N3O2. The Morgan fingerprint density at radius 2 is 2.37 bits per heavy atom. The number of rotatable bonds is 6. The molecule has 104 valence electrons. The average molecular weight is 263 g/mol. The maximum Gasteiger partial charge on any atom is 0.407 e. The minimum Gasteiger partial charge on any atom is -0.450 e. The van der Waals surface area contributed by atoms with Crippen molar-refractivity contribution < 1.29 is 9.53 Å². The first kappa shape index (κ1) is 13.6. The zero-order valence-corrected chi connectivity index (χ0v) is 11.5. The Kier molecular flexibility index (Phi) is 4.60. The number of pyridine rings is 1. The van der Waals surface area contributed by atoms with Crippen molar-refractivity contribution in [3.8, 4) is 0 Å². The smallest absolute Gasteiger partial charge is 0.407 e. The molecule has 1 aliphatic carbocycles. The van der Waals surface area contributed by atoms with Gasteiger partial charge in [-0.3, -0.25) is 0 Å². The lowest BCUT2D eigenvalue weighted by Crippen LogP contribution is -2.41. The third-order valence-corrected chi connectivity index (χ3v) is 3.19. The molecule has 1 heterocycles. The van der Waals surface area contributed by atoms with Crippen molar-refractivity contribution in [1.82, 2.24) is 10.3 Å². The van der Waals surface area contributed by atoms with Crippen LogP contribution in [-0.2, 0) is 4.74 Å². The number of amides is 1. The molecule has 1 fully saturated rings. The first-order chi connectivity index (χ1) is 9.19. The fourth-order valence-electron chi connectivity index (χ4n) is 2.01. The molecule has 1 aromatic rings. The first-order valence-electron chi connectivity index (χ1n) is 6.79. The van der Waals surface area contributed by atoms with Crippen LogP contribution in [0.2, 0.25) is 0 Å². The van der Waals surface area contributed by atoms with Crippen LogP contribution in [0.5, 0.6) is 0 Å². The highest BCUT2D eigenvalue weighted by Gasteiger charge is 2.32. The zero-order chi connectivity index (χ0) is 13.7. The Labute approximate surface area is 113 Å². The van der Waals surface area contributed by atoms with Crippen LogP contribution < -0.4 is 10.6 Å². The standard InChI is InChI=1S/C14H21N3O2/c1-3-19-14(18)17-12(11-4-5-11)9-16-13-8-10(2)6-7-15-13/h6-8,11-12H,3-5,9H2,1-2H3,(H,15,16)(H,17,18)/t12-/m1/s1. The Hall–Kier alpha value is -1.78. The van der Waals surface area contributed by atoms with E-state index in [4.69, 9.17) is 4.74 Å². The summed E-state index contributed by atoms with van der Waals surface area (Å²) in [6.07, 6.45) is 3.78. The number of nitrogens with one attached hydrogen (secondary N) is 2. The highest BCUT2D eigenvalue weighted by atomic mass is 16.5. The van der Waals surface area contributed by atoms with Gasteiger partial charge in [0.2, 0.25) is 0 Å². The number of ether oxygens (including phenoxy) is 1. The molecule has 0 radical (unpaired) electrons. The zero-order valence-electron chi connectivity index (χ0n) is 11.5. The summed E-state index contributed by atoms with van der Waals surface area (Å²) in [6, 6.07) is 4.07. The predicted molar refractivity (Wildman–Crippen MR) is 74.1 cm³/mol. The number of aromatic nitrogens is 1. The maximum absolute atomic E-state index is 11.5. The van der Waals surface area contributed by atoms with Crippen molar-refractivity contribution >= 4 is 11.9 Å². The molecule has 1 saturated carbocycles. The quantitative estimate of drug-likeness (QED) is 0.827. The molecule has 0 saturated heterocycles. The summed E-state index contributed by atoms with van der Waals surface area (Å²) in [5, 5.41) is 6.19. The molecule has 1 amide bonds. The van der Waals surface area contributed by atoms with E-state index in [2.05, 4.69) is 15.6 Å². The number of carbonyl (C=O) groups is 1. The van der Waals surface area contributed by atoms with Crippen molar-refractivity contribution in [2.75, 3.05) is 18.5 Å². The number of anilines is 1. The minimum absolute atomic E-state index is 0.112. The Morgan fingerprint density at radius 3 is 3.00 bits per heavy atom. The molecule has 1 aliphatic rings. The van der Waals surface area contributed by atoms with Crippen LogP contribution in [0, 0.1) is 12.8 Å². The minimum atomic E-state index is -0.335. The lowest BCUT2D eigenvalue weighted by Gasteiger charge is -2.18. The average Bonchev–Trinajstić information content (AvgIpc) is 3.19. The highest BCUT2D eigenvalue weighted by molar-refractivity contribution is 5.67. The van der Waals surface area contributed by atoms with Gasteiger partial charge in [-0.05, 0) is 50.3 Å². The van der Waals surface area contributed by atoms with Gasteiger partial charge in [0.1, 0.15) is 5.82 Å². The van der Waals surface area contributed by atoms with Gasteiger partial charge in [-0.25, -0.2) is 9.78 Å². The molecule has 1 aromatic heterocycles. The first-order valence-corrected chi connectivity index (χ1v) is 6.79. The topological polar surface area (TPSA) is 63.2 Å². The van der Waals surface area contributed by atoms with E-state index in [0.29, 0.717) is 19.1 Å². The largest absolute Gasteiger partial charge is 0.450 e. The number of carbonyl (C=O) groups excluding carboxylic acids is 1. The molecule has 0 aliphatic heterocycles. The fraction of sp³-hybridized carbons (Fsp3) is 0.571. The summed E-state index contributed by atoms with van der Waals surface area (Å²) < 4.78 is 4.93. The van der Waals surface area contributed by atoms with Gasteiger partial charge in [-0.1, -0.05) is 0 Å². The Bertz CT molecular complexity index is 432. The number of alkyl carbamates (subject to hydrolysis) is 1. The van der Waals surface area contributed by atoms with Gasteiger partial charge in [-0.15, -0.1) is 0 Å². The molecule has 1 atom stereocenters. The maximum atomic E-state index is 11.5. The fourth-order valence-corrected chi connectivity index (χ4v) is 2.01. The third kappa shape index (κ3) is 4.43. The van der Waals surface area contributed by atoms with Crippen molar-refractivity contribution in [3.05, 3.63) is 23.9 Å². The van der Waals surface area contributed by atoms with Crippen LogP contribution in [0.4, 0.5) is 10.6 Å². The van der Waals surface area contributed by atoms with E-state index in [9.17, 15) is 4.79 Å². The van der Waals surface area contributed by atoms with E-state index in [1.54, 1.807) is 13.1 Å². The van der Waals surface area contributed by atoms with Crippen molar-refractivity contribution in [3.63, 3.8) is 0 Å². The summed E-state index contributed by atoms with van der Waals surface area (Å²) in [6.45, 7) is 4.92. The molecule has 2 N–H and O–H groups in total. The van der Waals surface area contributed by atoms with Gasteiger partial charge in [0, 0.05) is 12.7 Å². The molecule has 19 heavy (non-hydrogen) atoms. The van der Waals surface area contributed by atoms with Crippen molar-refractivity contribution in [2.24, 2.45) is 5.92 Å². The highest BCUT2D eigenvalue weighted by Crippen LogP contribution is 2.32. The summed E-state index contributed by atoms with van der Waals surface area (Å²) in [5.74, 6) is 1.40. The summed E-state index contributed by atoms with van der Waals surface area (Å²) in [4.78, 5) is 15.7. The van der Waals surface area contributed by atoms with Crippen LogP contribution in [-0.4, -0.2) is 30.3 Å². The normalized spacial score (nSPS) is 15.7. The molecule has 0 unspecified atom stereocenters. The van der Waals surface area contributed by atoms with Crippen LogP contribution in [0.3, 0.4) is 0 Å². The van der Waals surface area contributed by atoms with Crippen LogP contribution >= 0.6 is 0 Å². The van der Waals surface area contributed by atoms with Crippen LogP contribution in [0.15, 0.2) is 18.3 Å². The third-order valence-electron chi connectivity index (χ3n) is 3.19. The van der Waals surface area contributed by atoms with Gasteiger partial charge in [0.05, 0.1) is 12.6 Å². The Morgan fingerprint density at radius 1 is 1.58 bits per heavy atom.